The van der Waals surface area contributed by atoms with Gasteiger partial charge in [0, 0.05) is 5.30 Å². The molecule has 1 aromatic rings. The lowest BCUT2D eigenvalue weighted by atomic mass is 10.2. The first kappa shape index (κ1) is 12.7. The van der Waals surface area contributed by atoms with Crippen molar-refractivity contribution in [3.05, 3.63) is 29.8 Å². The van der Waals surface area contributed by atoms with Crippen LogP contribution < -0.4 is 5.30 Å². The highest BCUT2D eigenvalue weighted by molar-refractivity contribution is 7.83. The summed E-state index contributed by atoms with van der Waals surface area (Å²) in [7, 11) is -4.69. The molecule has 0 saturated carbocycles. The van der Waals surface area contributed by atoms with Crippen LogP contribution >= 0.6 is 14.3 Å². The number of hydrogen-bond donors (Lipinski definition) is 0. The van der Waals surface area contributed by atoms with Crippen molar-refractivity contribution in [2.45, 2.75) is 6.92 Å². The quantitative estimate of drug-likeness (QED) is 0.765. The average Bonchev–Trinajstić information content (AvgIpc) is 1.99. The smallest absolute Gasteiger partial charge is 0.119 e. The van der Waals surface area contributed by atoms with Gasteiger partial charge in [0.2, 0.25) is 0 Å². The topological polar surface area (TPSA) is 34.1 Å². The van der Waals surface area contributed by atoms with Crippen molar-refractivity contribution >= 4 is 19.6 Å². The zero-order valence-electron chi connectivity index (χ0n) is 9.73. The molecule has 0 aliphatic rings. The van der Waals surface area contributed by atoms with Gasteiger partial charge in [-0.2, -0.15) is 0 Å². The third-order valence-corrected chi connectivity index (χ3v) is 8.41. The Hall–Kier alpha value is -0.320. The van der Waals surface area contributed by atoms with E-state index in [1.807, 2.05) is 31.2 Å². The molecule has 84 valence electrons. The first-order valence-corrected chi connectivity index (χ1v) is 10.0. The fraction of sp³-hybridized carbons (Fsp3) is 0.455. The number of benzene rings is 1. The number of hydrogen-bond acceptors (Lipinski definition) is 2. The fourth-order valence-corrected chi connectivity index (χ4v) is 8.38. The summed E-state index contributed by atoms with van der Waals surface area (Å²) in [5.74, 6) is 0.323. The van der Waals surface area contributed by atoms with Crippen LogP contribution in [0.3, 0.4) is 0 Å². The van der Waals surface area contributed by atoms with E-state index < -0.39 is 14.3 Å². The van der Waals surface area contributed by atoms with E-state index in [1.165, 1.54) is 0 Å². The molecule has 2 nitrogen and oxygen atoms in total. The fourth-order valence-electron chi connectivity index (χ4n) is 1.65. The highest BCUT2D eigenvalue weighted by Crippen LogP contribution is 2.54. The van der Waals surface area contributed by atoms with Crippen molar-refractivity contribution in [1.29, 1.82) is 0 Å². The summed E-state index contributed by atoms with van der Waals surface area (Å²) in [6, 6.07) is 7.66. The SMILES string of the molecule is Cc1cccc(P(C)(=O)CP(C)(C)=O)c1. The minimum atomic E-state index is -2.46. The maximum absolute atomic E-state index is 12.4. The summed E-state index contributed by atoms with van der Waals surface area (Å²) in [6.07, 6.45) is 0. The van der Waals surface area contributed by atoms with Crippen LogP contribution in [0.15, 0.2) is 24.3 Å². The Bertz CT molecular complexity index is 446. The van der Waals surface area contributed by atoms with Crippen LogP contribution in [0.25, 0.3) is 0 Å². The van der Waals surface area contributed by atoms with Crippen molar-refractivity contribution in [3.63, 3.8) is 0 Å². The van der Waals surface area contributed by atoms with Crippen LogP contribution in [0.4, 0.5) is 0 Å². The van der Waals surface area contributed by atoms with E-state index in [0.717, 1.165) is 10.9 Å². The van der Waals surface area contributed by atoms with E-state index in [2.05, 4.69) is 0 Å². The van der Waals surface area contributed by atoms with Crippen LogP contribution in [0.1, 0.15) is 5.56 Å². The predicted octanol–water partition coefficient (Wildman–Crippen LogP) is 3.19. The second-order valence-corrected chi connectivity index (χ2v) is 11.7. The molecular formula is C11H18O2P2. The summed E-state index contributed by atoms with van der Waals surface area (Å²) in [4.78, 5) is 0. The Morgan fingerprint density at radius 1 is 1.13 bits per heavy atom. The molecule has 1 aromatic carbocycles. The van der Waals surface area contributed by atoms with E-state index in [4.69, 9.17) is 0 Å². The Morgan fingerprint density at radius 2 is 1.73 bits per heavy atom. The molecule has 1 atom stereocenters. The Balaban J connectivity index is 3.07. The summed E-state index contributed by atoms with van der Waals surface area (Å²) >= 11 is 0. The van der Waals surface area contributed by atoms with Crippen molar-refractivity contribution in [2.75, 3.05) is 25.9 Å². The van der Waals surface area contributed by atoms with Gasteiger partial charge in [-0.15, -0.1) is 0 Å². The molecule has 0 saturated heterocycles. The van der Waals surface area contributed by atoms with Gasteiger partial charge in [0.1, 0.15) is 7.14 Å². The molecule has 15 heavy (non-hydrogen) atoms. The van der Waals surface area contributed by atoms with Crippen molar-refractivity contribution in [3.8, 4) is 0 Å². The van der Waals surface area contributed by atoms with E-state index in [-0.39, 0.29) is 0 Å². The lowest BCUT2D eigenvalue weighted by molar-refractivity contribution is 0.578. The lowest BCUT2D eigenvalue weighted by Crippen LogP contribution is -2.07. The van der Waals surface area contributed by atoms with E-state index in [1.54, 1.807) is 20.0 Å². The molecule has 0 spiro atoms. The molecular weight excluding hydrogens is 226 g/mol. The van der Waals surface area contributed by atoms with Gasteiger partial charge in [-0.3, -0.25) is 0 Å². The molecule has 0 radical (unpaired) electrons. The van der Waals surface area contributed by atoms with Gasteiger partial charge in [0.05, 0.1) is 13.0 Å². The van der Waals surface area contributed by atoms with Gasteiger partial charge < -0.3 is 9.13 Å². The molecule has 0 amide bonds. The van der Waals surface area contributed by atoms with Crippen LogP contribution in [-0.2, 0) is 9.13 Å². The molecule has 0 fully saturated rings. The molecule has 0 aliphatic heterocycles. The minimum absolute atomic E-state index is 0.323. The zero-order chi connectivity index (χ0) is 11.7. The van der Waals surface area contributed by atoms with Crippen molar-refractivity contribution < 1.29 is 9.13 Å². The monoisotopic (exact) mass is 244 g/mol. The first-order valence-electron chi connectivity index (χ1n) is 4.88. The average molecular weight is 244 g/mol. The molecule has 1 unspecified atom stereocenters. The number of aryl methyl sites for hydroxylation is 1. The van der Waals surface area contributed by atoms with Crippen LogP contribution in [0.5, 0.6) is 0 Å². The predicted molar refractivity (Wildman–Crippen MR) is 68.7 cm³/mol. The summed E-state index contributed by atoms with van der Waals surface area (Å²) in [5, 5.41) is 0.839. The Morgan fingerprint density at radius 3 is 2.20 bits per heavy atom. The van der Waals surface area contributed by atoms with Gasteiger partial charge in [-0.05, 0) is 33.0 Å². The second kappa shape index (κ2) is 4.28. The summed E-state index contributed by atoms with van der Waals surface area (Å²) in [6.45, 7) is 7.08. The molecule has 0 N–H and O–H groups in total. The summed E-state index contributed by atoms with van der Waals surface area (Å²) < 4.78 is 24.1. The third-order valence-electron chi connectivity index (χ3n) is 2.16. The zero-order valence-corrected chi connectivity index (χ0v) is 11.5. The molecule has 1 rings (SSSR count). The van der Waals surface area contributed by atoms with E-state index >= 15 is 0 Å². The highest BCUT2D eigenvalue weighted by Gasteiger charge is 2.24. The van der Waals surface area contributed by atoms with Gasteiger partial charge in [0.15, 0.2) is 0 Å². The molecule has 0 bridgehead atoms. The Labute approximate surface area is 91.8 Å². The molecule has 0 heterocycles. The van der Waals surface area contributed by atoms with Gasteiger partial charge >= 0.3 is 0 Å². The van der Waals surface area contributed by atoms with Crippen LogP contribution in [-0.4, -0.2) is 25.9 Å². The largest absolute Gasteiger partial charge is 0.324 e. The molecule has 0 aliphatic carbocycles. The molecule has 0 aromatic heterocycles. The highest BCUT2D eigenvalue weighted by atomic mass is 31.2. The standard InChI is InChI=1S/C11H18O2P2/c1-10-6-5-7-11(8-10)15(4,13)9-14(2,3)12/h5-8H,9H2,1-4H3. The maximum Gasteiger partial charge on any atom is 0.119 e. The van der Waals surface area contributed by atoms with E-state index in [0.29, 0.717) is 5.90 Å². The van der Waals surface area contributed by atoms with Crippen molar-refractivity contribution in [1.82, 2.24) is 0 Å². The van der Waals surface area contributed by atoms with Crippen molar-refractivity contribution in [2.24, 2.45) is 0 Å². The first-order chi connectivity index (χ1) is 6.71. The van der Waals surface area contributed by atoms with Gasteiger partial charge in [0.25, 0.3) is 0 Å². The Kier molecular flexibility index (Phi) is 3.63. The minimum Gasteiger partial charge on any atom is -0.324 e. The normalized spacial score (nSPS) is 16.0. The second-order valence-electron chi connectivity index (χ2n) is 4.66. The number of rotatable bonds is 3. The molecule has 4 heteroatoms. The van der Waals surface area contributed by atoms with Gasteiger partial charge in [-0.1, -0.05) is 23.8 Å². The van der Waals surface area contributed by atoms with Gasteiger partial charge in [-0.25, -0.2) is 0 Å². The summed E-state index contributed by atoms with van der Waals surface area (Å²) in [5.41, 5.74) is 1.09. The van der Waals surface area contributed by atoms with Crippen LogP contribution in [0.2, 0.25) is 0 Å². The van der Waals surface area contributed by atoms with E-state index in [9.17, 15) is 9.13 Å². The third kappa shape index (κ3) is 3.97. The maximum atomic E-state index is 12.4. The lowest BCUT2D eigenvalue weighted by Gasteiger charge is -2.16. The van der Waals surface area contributed by atoms with Crippen LogP contribution in [0, 0.1) is 6.92 Å².